The van der Waals surface area contributed by atoms with Crippen LogP contribution in [0.2, 0.25) is 0 Å². The molecular weight excluding hydrogens is 332 g/mol. The molecule has 116 valence electrons. The molecule has 21 heavy (non-hydrogen) atoms. The molecule has 0 bridgehead atoms. The normalized spacial score (nSPS) is 15.6. The van der Waals surface area contributed by atoms with Crippen LogP contribution in [0.4, 0.5) is 0 Å². The van der Waals surface area contributed by atoms with Crippen LogP contribution >= 0.6 is 15.9 Å². The van der Waals surface area contributed by atoms with Crippen molar-refractivity contribution in [2.75, 3.05) is 20.2 Å². The third kappa shape index (κ3) is 4.20. The highest BCUT2D eigenvalue weighted by molar-refractivity contribution is 9.10. The maximum Gasteiger partial charge on any atom is 0.260 e. The Labute approximate surface area is 135 Å². The van der Waals surface area contributed by atoms with Crippen LogP contribution in [0.5, 0.6) is 5.75 Å². The Morgan fingerprint density at radius 1 is 1.52 bits per heavy atom. The Bertz CT molecular complexity index is 503. The van der Waals surface area contributed by atoms with E-state index in [-0.39, 0.29) is 18.6 Å². The van der Waals surface area contributed by atoms with Crippen molar-refractivity contribution < 1.29 is 9.53 Å². The molecule has 1 unspecified atom stereocenters. The molecule has 1 saturated carbocycles. The Balaban J connectivity index is 2.03. The van der Waals surface area contributed by atoms with Gasteiger partial charge in [0.1, 0.15) is 5.75 Å². The fraction of sp³-hybridized carbons (Fsp3) is 0.562. The third-order valence-electron chi connectivity index (χ3n) is 3.87. The highest BCUT2D eigenvalue weighted by Crippen LogP contribution is 2.29. The van der Waals surface area contributed by atoms with Crippen LogP contribution in [0.1, 0.15) is 38.3 Å². The van der Waals surface area contributed by atoms with E-state index < -0.39 is 0 Å². The van der Waals surface area contributed by atoms with E-state index >= 15 is 0 Å². The average molecular weight is 355 g/mol. The smallest absolute Gasteiger partial charge is 0.260 e. The number of hydrogen-bond acceptors (Lipinski definition) is 3. The fourth-order valence-corrected chi connectivity index (χ4v) is 2.77. The molecule has 1 atom stereocenters. The first-order chi connectivity index (χ1) is 10.1. The van der Waals surface area contributed by atoms with Crippen molar-refractivity contribution in [3.63, 3.8) is 0 Å². The number of rotatable bonds is 7. The van der Waals surface area contributed by atoms with E-state index in [1.165, 1.54) is 0 Å². The Hall–Kier alpha value is -1.07. The van der Waals surface area contributed by atoms with Gasteiger partial charge in [0.05, 0.1) is 0 Å². The number of carbonyl (C=O) groups excluding carboxylic acids is 1. The molecule has 4 nitrogen and oxygen atoms in total. The van der Waals surface area contributed by atoms with Gasteiger partial charge in [-0.1, -0.05) is 15.9 Å². The second-order valence-electron chi connectivity index (χ2n) is 5.39. The molecule has 1 fully saturated rings. The SMILES string of the molecule is CCN(C(=O)COc1ccc(Br)cc1C(C)NC)C1CC1. The molecule has 1 amide bonds. The Kier molecular flexibility index (Phi) is 5.65. The molecule has 0 radical (unpaired) electrons. The topological polar surface area (TPSA) is 41.6 Å². The molecule has 1 aliphatic carbocycles. The van der Waals surface area contributed by atoms with Crippen molar-refractivity contribution >= 4 is 21.8 Å². The van der Waals surface area contributed by atoms with Gasteiger partial charge in [0.15, 0.2) is 6.61 Å². The summed E-state index contributed by atoms with van der Waals surface area (Å²) in [5.74, 6) is 0.839. The molecule has 0 saturated heterocycles. The van der Waals surface area contributed by atoms with E-state index in [0.717, 1.165) is 35.2 Å². The molecule has 1 aliphatic rings. The van der Waals surface area contributed by atoms with Gasteiger partial charge in [-0.25, -0.2) is 0 Å². The lowest BCUT2D eigenvalue weighted by Crippen LogP contribution is -2.36. The summed E-state index contributed by atoms with van der Waals surface area (Å²) in [6.07, 6.45) is 2.25. The maximum atomic E-state index is 12.2. The van der Waals surface area contributed by atoms with Crippen LogP contribution in [0.25, 0.3) is 0 Å². The Morgan fingerprint density at radius 3 is 2.81 bits per heavy atom. The van der Waals surface area contributed by atoms with Gasteiger partial charge in [0.2, 0.25) is 0 Å². The number of likely N-dealkylation sites (N-methyl/N-ethyl adjacent to an activating group) is 1. The number of carbonyl (C=O) groups is 1. The lowest BCUT2D eigenvalue weighted by Gasteiger charge is -2.22. The highest BCUT2D eigenvalue weighted by Gasteiger charge is 2.31. The van der Waals surface area contributed by atoms with Crippen molar-refractivity contribution in [2.45, 2.75) is 38.8 Å². The highest BCUT2D eigenvalue weighted by atomic mass is 79.9. The van der Waals surface area contributed by atoms with Gasteiger partial charge in [-0.2, -0.15) is 0 Å². The molecule has 1 aromatic carbocycles. The van der Waals surface area contributed by atoms with Crippen LogP contribution in [-0.4, -0.2) is 37.0 Å². The molecule has 0 spiro atoms. The van der Waals surface area contributed by atoms with Crippen LogP contribution in [0, 0.1) is 0 Å². The number of ether oxygens (including phenoxy) is 1. The standard InChI is InChI=1S/C16H23BrN2O2/c1-4-19(13-6-7-13)16(20)10-21-15-8-5-12(17)9-14(15)11(2)18-3/h5,8-9,11,13,18H,4,6-7,10H2,1-3H3. The summed E-state index contributed by atoms with van der Waals surface area (Å²) in [6.45, 7) is 4.95. The molecule has 5 heteroatoms. The molecule has 1 aromatic rings. The molecule has 0 aromatic heterocycles. The number of nitrogens with zero attached hydrogens (tertiary/aromatic N) is 1. The van der Waals surface area contributed by atoms with E-state index in [9.17, 15) is 4.79 Å². The molecule has 0 aliphatic heterocycles. The Morgan fingerprint density at radius 2 is 2.24 bits per heavy atom. The van der Waals surface area contributed by atoms with E-state index in [2.05, 4.69) is 28.2 Å². The zero-order chi connectivity index (χ0) is 15.4. The quantitative estimate of drug-likeness (QED) is 0.817. The summed E-state index contributed by atoms with van der Waals surface area (Å²) in [6, 6.07) is 6.47. The second kappa shape index (κ2) is 7.27. The van der Waals surface area contributed by atoms with Gasteiger partial charge in [-0.05, 0) is 51.9 Å². The third-order valence-corrected chi connectivity index (χ3v) is 4.36. The van der Waals surface area contributed by atoms with Crippen LogP contribution in [-0.2, 0) is 4.79 Å². The van der Waals surface area contributed by atoms with E-state index in [1.54, 1.807) is 0 Å². The van der Waals surface area contributed by atoms with Crippen LogP contribution in [0.15, 0.2) is 22.7 Å². The summed E-state index contributed by atoms with van der Waals surface area (Å²) >= 11 is 3.48. The van der Waals surface area contributed by atoms with Gasteiger partial charge in [0, 0.05) is 28.7 Å². The predicted octanol–water partition coefficient (Wildman–Crippen LogP) is 3.12. The van der Waals surface area contributed by atoms with E-state index in [0.29, 0.717) is 6.04 Å². The first-order valence-corrected chi connectivity index (χ1v) is 8.25. The zero-order valence-electron chi connectivity index (χ0n) is 12.9. The fourth-order valence-electron chi connectivity index (χ4n) is 2.39. The van der Waals surface area contributed by atoms with Crippen molar-refractivity contribution in [3.05, 3.63) is 28.2 Å². The minimum atomic E-state index is 0.0750. The summed E-state index contributed by atoms with van der Waals surface area (Å²) in [7, 11) is 1.91. The summed E-state index contributed by atoms with van der Waals surface area (Å²) in [5.41, 5.74) is 1.05. The predicted molar refractivity (Wildman–Crippen MR) is 87.5 cm³/mol. The van der Waals surface area contributed by atoms with Crippen LogP contribution in [0.3, 0.4) is 0 Å². The number of nitrogens with one attached hydrogen (secondary N) is 1. The monoisotopic (exact) mass is 354 g/mol. The largest absolute Gasteiger partial charge is 0.483 e. The lowest BCUT2D eigenvalue weighted by molar-refractivity contribution is -0.133. The molecular formula is C16H23BrN2O2. The number of hydrogen-bond donors (Lipinski definition) is 1. The summed E-state index contributed by atoms with van der Waals surface area (Å²) in [5, 5.41) is 3.20. The van der Waals surface area contributed by atoms with Gasteiger partial charge < -0.3 is 15.0 Å². The van der Waals surface area contributed by atoms with Gasteiger partial charge in [-0.3, -0.25) is 4.79 Å². The molecule has 2 rings (SSSR count). The van der Waals surface area contributed by atoms with E-state index in [4.69, 9.17) is 4.74 Å². The minimum Gasteiger partial charge on any atom is -0.483 e. The number of amides is 1. The first kappa shape index (κ1) is 16.3. The lowest BCUT2D eigenvalue weighted by atomic mass is 10.1. The van der Waals surface area contributed by atoms with Crippen molar-refractivity contribution in [2.24, 2.45) is 0 Å². The summed E-state index contributed by atoms with van der Waals surface area (Å²) < 4.78 is 6.79. The van der Waals surface area contributed by atoms with Gasteiger partial charge in [-0.15, -0.1) is 0 Å². The summed E-state index contributed by atoms with van der Waals surface area (Å²) in [4.78, 5) is 14.1. The van der Waals surface area contributed by atoms with Crippen LogP contribution < -0.4 is 10.1 Å². The van der Waals surface area contributed by atoms with Crippen molar-refractivity contribution in [1.82, 2.24) is 10.2 Å². The minimum absolute atomic E-state index is 0.0750. The molecule has 0 heterocycles. The zero-order valence-corrected chi connectivity index (χ0v) is 14.4. The van der Waals surface area contributed by atoms with E-state index in [1.807, 2.05) is 37.1 Å². The van der Waals surface area contributed by atoms with Gasteiger partial charge >= 0.3 is 0 Å². The number of benzene rings is 1. The van der Waals surface area contributed by atoms with Gasteiger partial charge in [0.25, 0.3) is 5.91 Å². The molecule has 1 N–H and O–H groups in total. The van der Waals surface area contributed by atoms with Crippen molar-refractivity contribution in [1.29, 1.82) is 0 Å². The van der Waals surface area contributed by atoms with Crippen molar-refractivity contribution in [3.8, 4) is 5.75 Å². The number of halogens is 1. The maximum absolute atomic E-state index is 12.2. The average Bonchev–Trinajstić information content (AvgIpc) is 3.30. The second-order valence-corrected chi connectivity index (χ2v) is 6.31. The first-order valence-electron chi connectivity index (χ1n) is 7.45.